The van der Waals surface area contributed by atoms with E-state index in [2.05, 4.69) is 4.98 Å². The number of hydrogen-bond donors (Lipinski definition) is 1. The van der Waals surface area contributed by atoms with Crippen molar-refractivity contribution in [3.05, 3.63) is 84.2 Å². The molecule has 3 atom stereocenters. The van der Waals surface area contributed by atoms with Gasteiger partial charge in [-0.3, -0.25) is 14.6 Å². The summed E-state index contributed by atoms with van der Waals surface area (Å²) >= 11 is 0. The maximum absolute atomic E-state index is 14.0. The summed E-state index contributed by atoms with van der Waals surface area (Å²) in [4.78, 5) is 29.9. The average molecular weight is 616 g/mol. The summed E-state index contributed by atoms with van der Waals surface area (Å²) in [7, 11) is -8.72. The molecule has 42 heavy (non-hydrogen) atoms. The van der Waals surface area contributed by atoms with Gasteiger partial charge >= 0.3 is 0 Å². The van der Waals surface area contributed by atoms with Crippen molar-refractivity contribution in [2.45, 2.75) is 31.3 Å². The molecule has 0 radical (unpaired) electrons. The van der Waals surface area contributed by atoms with Gasteiger partial charge in [0, 0.05) is 12.3 Å². The quantitative estimate of drug-likeness (QED) is 0.237. The van der Waals surface area contributed by atoms with Gasteiger partial charge in [-0.15, -0.1) is 0 Å². The molecule has 0 fully saturated rings. The smallest absolute Gasteiger partial charge is 0.268 e. The lowest BCUT2D eigenvalue weighted by atomic mass is 9.98. The van der Waals surface area contributed by atoms with Gasteiger partial charge in [-0.05, 0) is 42.2 Å². The van der Waals surface area contributed by atoms with E-state index in [4.69, 9.17) is 15.2 Å². The monoisotopic (exact) mass is 615 g/mol. The zero-order chi connectivity index (χ0) is 30.5. The fourth-order valence-electron chi connectivity index (χ4n) is 4.59. The van der Waals surface area contributed by atoms with E-state index in [1.165, 1.54) is 37.4 Å². The number of sulfone groups is 1. The second kappa shape index (κ2) is 13.0. The Kier molecular flexibility index (Phi) is 9.64. The van der Waals surface area contributed by atoms with Gasteiger partial charge in [0.2, 0.25) is 5.91 Å². The standard InChI is InChI=1S/C29H33N3O8S2/c1-20(16-22-8-4-3-5-9-22)28(30)32(42(37,38)23-11-12-26-27(17-23)40-15-14-39-26)29(34)21(2)18-41(35,36)19-25(33)24-10-6-7-13-31-24/h3-13,17,20-21,28H,14-16,18-19,30H2,1-2H3/t20-,21?,28-/m0/s1. The normalized spacial score (nSPS) is 15.3. The van der Waals surface area contributed by atoms with Crippen LogP contribution in [-0.4, -0.2) is 68.7 Å². The molecule has 1 aliphatic rings. The van der Waals surface area contributed by atoms with E-state index in [0.29, 0.717) is 23.1 Å². The van der Waals surface area contributed by atoms with Crippen LogP contribution < -0.4 is 15.2 Å². The van der Waals surface area contributed by atoms with Crippen LogP contribution >= 0.6 is 0 Å². The van der Waals surface area contributed by atoms with Crippen molar-refractivity contribution in [1.82, 2.24) is 9.29 Å². The number of pyridine rings is 1. The summed E-state index contributed by atoms with van der Waals surface area (Å²) in [5, 5.41) is 0. The Balaban J connectivity index is 1.63. The number of nitrogens with two attached hydrogens (primary N) is 1. The van der Waals surface area contributed by atoms with Crippen molar-refractivity contribution >= 4 is 31.6 Å². The molecule has 2 heterocycles. The lowest BCUT2D eigenvalue weighted by Crippen LogP contribution is -2.55. The van der Waals surface area contributed by atoms with Crippen molar-refractivity contribution in [2.24, 2.45) is 17.6 Å². The Hall–Kier alpha value is -3.81. The number of carbonyl (C=O) groups excluding carboxylic acids is 2. The molecule has 0 saturated carbocycles. The zero-order valence-corrected chi connectivity index (χ0v) is 24.9. The first-order valence-corrected chi connectivity index (χ1v) is 16.6. The van der Waals surface area contributed by atoms with Crippen LogP contribution in [0.1, 0.15) is 29.9 Å². The number of ether oxygens (including phenoxy) is 2. The first-order chi connectivity index (χ1) is 19.9. The van der Waals surface area contributed by atoms with Gasteiger partial charge in [0.05, 0.1) is 22.7 Å². The largest absolute Gasteiger partial charge is 0.486 e. The van der Waals surface area contributed by atoms with Gasteiger partial charge in [-0.2, -0.15) is 0 Å². The van der Waals surface area contributed by atoms with Crippen molar-refractivity contribution in [3.8, 4) is 11.5 Å². The minimum Gasteiger partial charge on any atom is -0.486 e. The summed E-state index contributed by atoms with van der Waals surface area (Å²) in [5.41, 5.74) is 7.34. The fourth-order valence-corrected chi connectivity index (χ4v) is 7.83. The van der Waals surface area contributed by atoms with Gasteiger partial charge in [0.1, 0.15) is 24.7 Å². The van der Waals surface area contributed by atoms with E-state index in [1.807, 2.05) is 30.3 Å². The molecule has 0 bridgehead atoms. The first kappa shape index (κ1) is 31.1. The average Bonchev–Trinajstić information content (AvgIpc) is 2.97. The summed E-state index contributed by atoms with van der Waals surface area (Å²) in [6, 6.07) is 17.7. The third-order valence-corrected chi connectivity index (χ3v) is 10.3. The molecule has 2 aromatic carbocycles. The van der Waals surface area contributed by atoms with E-state index in [1.54, 1.807) is 19.1 Å². The number of amides is 1. The summed E-state index contributed by atoms with van der Waals surface area (Å²) in [6.07, 6.45) is 0.384. The molecule has 2 N–H and O–H groups in total. The lowest BCUT2D eigenvalue weighted by Gasteiger charge is -2.34. The third kappa shape index (κ3) is 7.33. The zero-order valence-electron chi connectivity index (χ0n) is 23.3. The Morgan fingerprint density at radius 1 is 0.929 bits per heavy atom. The topological polar surface area (TPSA) is 163 Å². The van der Waals surface area contributed by atoms with Crippen LogP contribution in [0, 0.1) is 11.8 Å². The highest BCUT2D eigenvalue weighted by Gasteiger charge is 2.40. The third-order valence-electron chi connectivity index (χ3n) is 6.77. The molecule has 4 rings (SSSR count). The molecule has 0 saturated heterocycles. The van der Waals surface area contributed by atoms with E-state index in [9.17, 15) is 26.4 Å². The van der Waals surface area contributed by atoms with Crippen LogP contribution in [0.3, 0.4) is 0 Å². The minimum absolute atomic E-state index is 0.0281. The van der Waals surface area contributed by atoms with E-state index < -0.39 is 61.1 Å². The Labute approximate surface area is 245 Å². The predicted octanol–water partition coefficient (Wildman–Crippen LogP) is 2.47. The SMILES string of the molecule is CC(CS(=O)(=O)CC(=O)c1ccccn1)C(=O)N([C@H](N)[C@@H](C)Cc1ccccc1)S(=O)(=O)c1ccc2c(c1)OCCO2. The van der Waals surface area contributed by atoms with E-state index in [0.717, 1.165) is 5.56 Å². The Bertz CT molecular complexity index is 1630. The van der Waals surface area contributed by atoms with E-state index in [-0.39, 0.29) is 22.9 Å². The van der Waals surface area contributed by atoms with Crippen LogP contribution in [0.2, 0.25) is 0 Å². The Morgan fingerprint density at radius 3 is 2.26 bits per heavy atom. The molecule has 1 unspecified atom stereocenters. The highest BCUT2D eigenvalue weighted by molar-refractivity contribution is 7.92. The second-order valence-corrected chi connectivity index (χ2v) is 14.1. The number of carbonyl (C=O) groups is 2. The van der Waals surface area contributed by atoms with Crippen LogP contribution in [0.4, 0.5) is 0 Å². The molecule has 1 aliphatic heterocycles. The molecule has 1 amide bonds. The fraction of sp³-hybridized carbons (Fsp3) is 0.345. The lowest BCUT2D eigenvalue weighted by molar-refractivity contribution is -0.131. The minimum atomic E-state index is -4.59. The number of nitrogens with zero attached hydrogens (tertiary/aromatic N) is 2. The highest BCUT2D eigenvalue weighted by atomic mass is 32.2. The van der Waals surface area contributed by atoms with E-state index >= 15 is 0 Å². The van der Waals surface area contributed by atoms with Crippen LogP contribution in [0.15, 0.2) is 77.8 Å². The number of sulfonamides is 1. The highest BCUT2D eigenvalue weighted by Crippen LogP contribution is 2.34. The summed E-state index contributed by atoms with van der Waals surface area (Å²) in [5.74, 6) is -4.72. The van der Waals surface area contributed by atoms with Crippen molar-refractivity contribution in [1.29, 1.82) is 0 Å². The number of rotatable bonds is 12. The van der Waals surface area contributed by atoms with Gasteiger partial charge in [0.15, 0.2) is 27.1 Å². The van der Waals surface area contributed by atoms with Crippen molar-refractivity contribution in [2.75, 3.05) is 24.7 Å². The molecule has 11 nitrogen and oxygen atoms in total. The molecular weight excluding hydrogens is 582 g/mol. The maximum Gasteiger partial charge on any atom is 0.268 e. The van der Waals surface area contributed by atoms with Gasteiger partial charge in [-0.25, -0.2) is 21.1 Å². The second-order valence-electron chi connectivity index (χ2n) is 10.2. The first-order valence-electron chi connectivity index (χ1n) is 13.3. The Morgan fingerprint density at radius 2 is 1.60 bits per heavy atom. The molecule has 0 spiro atoms. The number of hydrogen-bond acceptors (Lipinski definition) is 10. The number of Topliss-reactive ketones (excluding diaryl/α,β-unsaturated/α-hetero) is 1. The van der Waals surface area contributed by atoms with Crippen LogP contribution in [0.5, 0.6) is 11.5 Å². The number of fused-ring (bicyclic) bond motifs is 1. The molecule has 1 aromatic heterocycles. The predicted molar refractivity (Wildman–Crippen MR) is 155 cm³/mol. The molecule has 3 aromatic rings. The number of aromatic nitrogens is 1. The number of benzene rings is 2. The molecule has 13 heteroatoms. The summed E-state index contributed by atoms with van der Waals surface area (Å²) < 4.78 is 65.5. The van der Waals surface area contributed by atoms with Crippen LogP contribution in [0.25, 0.3) is 0 Å². The van der Waals surface area contributed by atoms with Gasteiger partial charge in [-0.1, -0.05) is 50.2 Å². The molecular formula is C29H33N3O8S2. The summed E-state index contributed by atoms with van der Waals surface area (Å²) in [6.45, 7) is 3.54. The number of ketones is 1. The van der Waals surface area contributed by atoms with Gasteiger partial charge < -0.3 is 15.2 Å². The maximum atomic E-state index is 14.0. The van der Waals surface area contributed by atoms with Crippen molar-refractivity contribution < 1.29 is 35.9 Å². The molecule has 0 aliphatic carbocycles. The molecule has 224 valence electrons. The van der Waals surface area contributed by atoms with Gasteiger partial charge in [0.25, 0.3) is 10.0 Å². The van der Waals surface area contributed by atoms with Crippen molar-refractivity contribution in [3.63, 3.8) is 0 Å². The van der Waals surface area contributed by atoms with Crippen LogP contribution in [-0.2, 0) is 31.1 Å².